The molecule has 1 fully saturated rings. The minimum atomic E-state index is -0.0805. The van der Waals surface area contributed by atoms with Gasteiger partial charge >= 0.3 is 5.97 Å². The number of carbonyl (C=O) groups is 1. The van der Waals surface area contributed by atoms with Crippen molar-refractivity contribution in [3.63, 3.8) is 0 Å². The van der Waals surface area contributed by atoms with Crippen LogP contribution in [0, 0.1) is 5.92 Å². The van der Waals surface area contributed by atoms with E-state index in [1.165, 1.54) is 11.0 Å². The molecular formula is C13H18BNO2. The topological polar surface area (TPSA) is 38.3 Å². The Balaban J connectivity index is 2.14. The highest BCUT2D eigenvalue weighted by Gasteiger charge is 2.34. The lowest BCUT2D eigenvalue weighted by Crippen LogP contribution is -2.24. The molecule has 0 radical (unpaired) electrons. The number of ether oxygens (including phenoxy) is 1. The van der Waals surface area contributed by atoms with Gasteiger partial charge in [-0.15, -0.1) is 0 Å². The molecule has 2 rings (SSSR count). The van der Waals surface area contributed by atoms with Crippen LogP contribution >= 0.6 is 0 Å². The van der Waals surface area contributed by atoms with Crippen LogP contribution in [0.15, 0.2) is 24.3 Å². The van der Waals surface area contributed by atoms with Crippen molar-refractivity contribution in [1.82, 2.24) is 5.32 Å². The molecule has 17 heavy (non-hydrogen) atoms. The standard InChI is InChI=1S/C13H18BNO2/c1-2-17-13(16)12-8-15-7-11(12)9-3-5-10(14)6-4-9/h3-6,11-12,15H,2,7-8,14H2,1H3/t11-,12+/m1/s1. The van der Waals surface area contributed by atoms with Crippen molar-refractivity contribution in [3.8, 4) is 0 Å². The number of carbonyl (C=O) groups excluding carboxylic acids is 1. The van der Waals surface area contributed by atoms with Crippen LogP contribution in [0.1, 0.15) is 18.4 Å². The molecule has 4 heteroatoms. The van der Waals surface area contributed by atoms with Crippen molar-refractivity contribution in [3.05, 3.63) is 29.8 Å². The Morgan fingerprint density at radius 3 is 2.76 bits per heavy atom. The minimum Gasteiger partial charge on any atom is -0.466 e. The Bertz CT molecular complexity index is 391. The summed E-state index contributed by atoms with van der Waals surface area (Å²) < 4.78 is 5.12. The molecule has 0 unspecified atom stereocenters. The average Bonchev–Trinajstić information content (AvgIpc) is 2.79. The van der Waals surface area contributed by atoms with Gasteiger partial charge in [-0.2, -0.15) is 0 Å². The van der Waals surface area contributed by atoms with E-state index in [9.17, 15) is 4.79 Å². The zero-order valence-electron chi connectivity index (χ0n) is 10.4. The van der Waals surface area contributed by atoms with Crippen molar-refractivity contribution >= 4 is 19.3 Å². The molecule has 0 aliphatic carbocycles. The van der Waals surface area contributed by atoms with Crippen LogP contribution in [-0.4, -0.2) is 33.5 Å². The third-order valence-electron chi connectivity index (χ3n) is 3.31. The van der Waals surface area contributed by atoms with E-state index in [0.717, 1.165) is 13.1 Å². The number of hydrogen-bond acceptors (Lipinski definition) is 3. The number of hydrogen-bond donors (Lipinski definition) is 1. The van der Waals surface area contributed by atoms with Crippen molar-refractivity contribution in [1.29, 1.82) is 0 Å². The first-order valence-electron chi connectivity index (χ1n) is 6.16. The van der Waals surface area contributed by atoms with Gasteiger partial charge in [0.1, 0.15) is 7.85 Å². The normalized spacial score (nSPS) is 23.6. The van der Waals surface area contributed by atoms with E-state index in [-0.39, 0.29) is 17.8 Å². The zero-order valence-corrected chi connectivity index (χ0v) is 10.4. The molecule has 2 atom stereocenters. The lowest BCUT2D eigenvalue weighted by molar-refractivity contribution is -0.147. The molecule has 0 saturated carbocycles. The molecule has 3 nitrogen and oxygen atoms in total. The van der Waals surface area contributed by atoms with Gasteiger partial charge in [0, 0.05) is 19.0 Å². The smallest absolute Gasteiger partial charge is 0.310 e. The Labute approximate surface area is 103 Å². The molecule has 0 spiro atoms. The van der Waals surface area contributed by atoms with Gasteiger partial charge in [0.2, 0.25) is 0 Å². The first kappa shape index (κ1) is 12.2. The fourth-order valence-electron chi connectivity index (χ4n) is 2.34. The number of esters is 1. The van der Waals surface area contributed by atoms with Crippen LogP contribution in [0.25, 0.3) is 0 Å². The van der Waals surface area contributed by atoms with E-state index in [0.29, 0.717) is 6.61 Å². The van der Waals surface area contributed by atoms with Crippen molar-refractivity contribution in [2.24, 2.45) is 5.92 Å². The van der Waals surface area contributed by atoms with Gasteiger partial charge in [-0.1, -0.05) is 29.7 Å². The highest BCUT2D eigenvalue weighted by Crippen LogP contribution is 2.28. The van der Waals surface area contributed by atoms with E-state index in [1.807, 2.05) is 6.92 Å². The third-order valence-corrected chi connectivity index (χ3v) is 3.31. The second-order valence-electron chi connectivity index (χ2n) is 4.53. The van der Waals surface area contributed by atoms with Gasteiger partial charge in [-0.3, -0.25) is 4.79 Å². The van der Waals surface area contributed by atoms with Crippen molar-refractivity contribution < 1.29 is 9.53 Å². The Kier molecular flexibility index (Phi) is 3.84. The van der Waals surface area contributed by atoms with Crippen molar-refractivity contribution in [2.45, 2.75) is 12.8 Å². The summed E-state index contributed by atoms with van der Waals surface area (Å²) in [5.41, 5.74) is 2.46. The van der Waals surface area contributed by atoms with Crippen LogP contribution in [0.4, 0.5) is 0 Å². The summed E-state index contributed by atoms with van der Waals surface area (Å²) in [5, 5.41) is 3.27. The molecule has 0 amide bonds. The van der Waals surface area contributed by atoms with E-state index >= 15 is 0 Å². The molecule has 1 N–H and O–H groups in total. The van der Waals surface area contributed by atoms with Crippen LogP contribution in [0.5, 0.6) is 0 Å². The Hall–Kier alpha value is -1.29. The monoisotopic (exact) mass is 231 g/mol. The molecule has 1 aliphatic heterocycles. The van der Waals surface area contributed by atoms with Gasteiger partial charge in [-0.05, 0) is 12.5 Å². The summed E-state index contributed by atoms with van der Waals surface area (Å²) in [6, 6.07) is 8.41. The average molecular weight is 231 g/mol. The second kappa shape index (κ2) is 5.36. The molecule has 1 heterocycles. The predicted molar refractivity (Wildman–Crippen MR) is 70.4 cm³/mol. The summed E-state index contributed by atoms with van der Waals surface area (Å²) >= 11 is 0. The van der Waals surface area contributed by atoms with E-state index in [2.05, 4.69) is 37.4 Å². The predicted octanol–water partition coefficient (Wildman–Crippen LogP) is -0.189. The molecular weight excluding hydrogens is 213 g/mol. The largest absolute Gasteiger partial charge is 0.466 e. The van der Waals surface area contributed by atoms with Gasteiger partial charge < -0.3 is 10.1 Å². The second-order valence-corrected chi connectivity index (χ2v) is 4.53. The maximum absolute atomic E-state index is 11.8. The van der Waals surface area contributed by atoms with Gasteiger partial charge in [-0.25, -0.2) is 0 Å². The summed E-state index contributed by atoms with van der Waals surface area (Å²) in [5.74, 6) is 0.121. The molecule has 1 aliphatic rings. The maximum atomic E-state index is 11.8. The van der Waals surface area contributed by atoms with Gasteiger partial charge in [0.05, 0.1) is 12.5 Å². The summed E-state index contributed by atoms with van der Waals surface area (Å²) in [7, 11) is 2.07. The third kappa shape index (κ3) is 2.69. The summed E-state index contributed by atoms with van der Waals surface area (Å²) in [6.45, 7) is 3.88. The molecule has 1 saturated heterocycles. The quantitative estimate of drug-likeness (QED) is 0.579. The number of nitrogens with one attached hydrogen (secondary N) is 1. The van der Waals surface area contributed by atoms with Crippen LogP contribution in [0.3, 0.4) is 0 Å². The Morgan fingerprint density at radius 1 is 1.41 bits per heavy atom. The van der Waals surface area contributed by atoms with Crippen LogP contribution in [0.2, 0.25) is 0 Å². The molecule has 0 bridgehead atoms. The molecule has 1 aromatic carbocycles. The van der Waals surface area contributed by atoms with Gasteiger partial charge in [0.25, 0.3) is 0 Å². The van der Waals surface area contributed by atoms with Crippen molar-refractivity contribution in [2.75, 3.05) is 19.7 Å². The zero-order chi connectivity index (χ0) is 12.3. The SMILES string of the molecule is Bc1ccc([C@H]2CNC[C@@H]2C(=O)OCC)cc1. The Morgan fingerprint density at radius 2 is 2.12 bits per heavy atom. The highest BCUT2D eigenvalue weighted by atomic mass is 16.5. The van der Waals surface area contributed by atoms with Gasteiger partial charge in [0.15, 0.2) is 0 Å². The first-order chi connectivity index (χ1) is 8.22. The number of benzene rings is 1. The fraction of sp³-hybridized carbons (Fsp3) is 0.462. The molecule has 90 valence electrons. The summed E-state index contributed by atoms with van der Waals surface area (Å²) in [4.78, 5) is 11.8. The molecule has 1 aromatic rings. The van der Waals surface area contributed by atoms with E-state index in [4.69, 9.17) is 4.74 Å². The highest BCUT2D eigenvalue weighted by molar-refractivity contribution is 6.32. The van der Waals surface area contributed by atoms with Crippen LogP contribution < -0.4 is 10.8 Å². The lowest BCUT2D eigenvalue weighted by atomic mass is 9.86. The first-order valence-corrected chi connectivity index (χ1v) is 6.16. The van der Waals surface area contributed by atoms with E-state index in [1.54, 1.807) is 0 Å². The van der Waals surface area contributed by atoms with E-state index < -0.39 is 0 Å². The number of rotatable bonds is 3. The van der Waals surface area contributed by atoms with Crippen LogP contribution in [-0.2, 0) is 9.53 Å². The summed E-state index contributed by atoms with van der Waals surface area (Å²) in [6.07, 6.45) is 0. The fourth-order valence-corrected chi connectivity index (χ4v) is 2.34. The lowest BCUT2D eigenvalue weighted by Gasteiger charge is -2.17. The minimum absolute atomic E-state index is 0.0438. The maximum Gasteiger partial charge on any atom is 0.310 e. The molecule has 0 aromatic heterocycles.